The lowest BCUT2D eigenvalue weighted by Crippen LogP contribution is -2.07. The topological polar surface area (TPSA) is 56.5 Å². The average molecular weight is 271 g/mol. The van der Waals surface area contributed by atoms with Crippen LogP contribution in [0.2, 0.25) is 0 Å². The van der Waals surface area contributed by atoms with Crippen molar-refractivity contribution in [2.75, 3.05) is 0 Å². The fraction of sp³-hybridized carbons (Fsp3) is 0.0714. The van der Waals surface area contributed by atoms with Gasteiger partial charge in [0.15, 0.2) is 5.70 Å². The van der Waals surface area contributed by atoms with Crippen LogP contribution in [0.1, 0.15) is 11.1 Å². The summed E-state index contributed by atoms with van der Waals surface area (Å²) in [5, 5.41) is 3.99. The van der Waals surface area contributed by atoms with E-state index in [1.165, 1.54) is 12.1 Å². The molecule has 2 heterocycles. The van der Waals surface area contributed by atoms with Gasteiger partial charge in [-0.1, -0.05) is 12.1 Å². The van der Waals surface area contributed by atoms with Gasteiger partial charge in [0.05, 0.1) is 11.8 Å². The Labute approximate surface area is 114 Å². The van der Waals surface area contributed by atoms with Crippen LogP contribution >= 0.6 is 0 Å². The van der Waals surface area contributed by atoms with Crippen molar-refractivity contribution in [1.29, 1.82) is 0 Å². The maximum Gasteiger partial charge on any atom is 0.363 e. The normalized spacial score (nSPS) is 16.4. The van der Waals surface area contributed by atoms with Crippen molar-refractivity contribution in [2.45, 2.75) is 0 Å². The number of halogens is 1. The van der Waals surface area contributed by atoms with Crippen molar-refractivity contribution < 1.29 is 13.9 Å². The second-order valence-electron chi connectivity index (χ2n) is 4.26. The monoisotopic (exact) mass is 271 g/mol. The summed E-state index contributed by atoms with van der Waals surface area (Å²) in [6, 6.07) is 6.00. The van der Waals surface area contributed by atoms with Crippen molar-refractivity contribution in [3.05, 3.63) is 59.3 Å². The highest BCUT2D eigenvalue weighted by Crippen LogP contribution is 2.20. The molecule has 5 nitrogen and oxygen atoms in total. The minimum Gasteiger partial charge on any atom is -0.402 e. The molecule has 6 heteroatoms. The lowest BCUT2D eigenvalue weighted by molar-refractivity contribution is -0.129. The van der Waals surface area contributed by atoms with Crippen LogP contribution in [0.5, 0.6) is 0 Å². The SMILES string of the molecule is Cn1cc(/C=C2\N=C(c3ccccc3F)OC2=O)cn1. The minimum absolute atomic E-state index is 0.0248. The minimum atomic E-state index is -0.605. The number of benzene rings is 1. The van der Waals surface area contributed by atoms with Gasteiger partial charge < -0.3 is 4.74 Å². The molecule has 1 aromatic carbocycles. The number of carbonyl (C=O) groups excluding carboxylic acids is 1. The molecule has 0 N–H and O–H groups in total. The van der Waals surface area contributed by atoms with Gasteiger partial charge in [-0.15, -0.1) is 0 Å². The van der Waals surface area contributed by atoms with E-state index in [0.717, 1.165) is 5.56 Å². The summed E-state index contributed by atoms with van der Waals surface area (Å²) in [6.45, 7) is 0. The number of esters is 1. The van der Waals surface area contributed by atoms with Gasteiger partial charge in [0.1, 0.15) is 5.82 Å². The fourth-order valence-corrected chi connectivity index (χ4v) is 1.83. The predicted molar refractivity (Wildman–Crippen MR) is 70.2 cm³/mol. The number of ether oxygens (including phenoxy) is 1. The molecule has 0 saturated heterocycles. The molecular weight excluding hydrogens is 261 g/mol. The highest BCUT2D eigenvalue weighted by Gasteiger charge is 2.25. The molecule has 0 radical (unpaired) electrons. The van der Waals surface area contributed by atoms with Gasteiger partial charge in [-0.25, -0.2) is 14.2 Å². The second kappa shape index (κ2) is 4.73. The van der Waals surface area contributed by atoms with E-state index in [1.807, 2.05) is 0 Å². The van der Waals surface area contributed by atoms with E-state index < -0.39 is 11.8 Å². The van der Waals surface area contributed by atoms with E-state index in [0.29, 0.717) is 0 Å². The second-order valence-corrected chi connectivity index (χ2v) is 4.26. The predicted octanol–water partition coefficient (Wildman–Crippen LogP) is 1.90. The molecule has 20 heavy (non-hydrogen) atoms. The number of hydrogen-bond acceptors (Lipinski definition) is 4. The highest BCUT2D eigenvalue weighted by molar-refractivity contribution is 6.12. The summed E-state index contributed by atoms with van der Waals surface area (Å²) >= 11 is 0. The summed E-state index contributed by atoms with van der Waals surface area (Å²) in [6.07, 6.45) is 4.87. The van der Waals surface area contributed by atoms with Gasteiger partial charge in [0, 0.05) is 18.8 Å². The van der Waals surface area contributed by atoms with Crippen molar-refractivity contribution in [3.8, 4) is 0 Å². The van der Waals surface area contributed by atoms with Crippen LogP contribution in [0.15, 0.2) is 47.3 Å². The maximum absolute atomic E-state index is 13.6. The first-order valence-corrected chi connectivity index (χ1v) is 5.89. The quantitative estimate of drug-likeness (QED) is 0.619. The number of nitrogens with zero attached hydrogens (tertiary/aromatic N) is 3. The Hall–Kier alpha value is -2.76. The van der Waals surface area contributed by atoms with Crippen LogP contribution in [0.4, 0.5) is 4.39 Å². The summed E-state index contributed by atoms with van der Waals surface area (Å²) < 4.78 is 20.2. The van der Waals surface area contributed by atoms with E-state index in [4.69, 9.17) is 4.74 Å². The first-order chi connectivity index (χ1) is 9.63. The van der Waals surface area contributed by atoms with Crippen LogP contribution in [-0.4, -0.2) is 21.6 Å². The summed E-state index contributed by atoms with van der Waals surface area (Å²) in [5.41, 5.74) is 1.00. The number of carbonyl (C=O) groups is 1. The van der Waals surface area contributed by atoms with E-state index in [-0.39, 0.29) is 17.2 Å². The fourth-order valence-electron chi connectivity index (χ4n) is 1.83. The lowest BCUT2D eigenvalue weighted by atomic mass is 10.2. The molecular formula is C14H10FN3O2. The van der Waals surface area contributed by atoms with Crippen LogP contribution in [0.25, 0.3) is 6.08 Å². The molecule has 1 aliphatic heterocycles. The Morgan fingerprint density at radius 3 is 2.85 bits per heavy atom. The number of aryl methyl sites for hydroxylation is 1. The van der Waals surface area contributed by atoms with E-state index in [9.17, 15) is 9.18 Å². The Kier molecular flexibility index (Phi) is 2.90. The first kappa shape index (κ1) is 12.3. The number of aromatic nitrogens is 2. The molecule has 0 fully saturated rings. The van der Waals surface area contributed by atoms with Gasteiger partial charge in [-0.3, -0.25) is 4.68 Å². The zero-order chi connectivity index (χ0) is 14.1. The molecule has 1 aliphatic rings. The molecule has 100 valence electrons. The van der Waals surface area contributed by atoms with E-state index in [1.54, 1.807) is 42.3 Å². The third kappa shape index (κ3) is 2.23. The Morgan fingerprint density at radius 1 is 1.35 bits per heavy atom. The lowest BCUT2D eigenvalue weighted by Gasteiger charge is -1.99. The van der Waals surface area contributed by atoms with Crippen molar-refractivity contribution in [3.63, 3.8) is 0 Å². The molecule has 0 atom stereocenters. The Balaban J connectivity index is 1.97. The van der Waals surface area contributed by atoms with Gasteiger partial charge in [0.2, 0.25) is 5.90 Å². The van der Waals surface area contributed by atoms with Gasteiger partial charge in [-0.05, 0) is 18.2 Å². The zero-order valence-corrected chi connectivity index (χ0v) is 10.6. The smallest absolute Gasteiger partial charge is 0.363 e. The Bertz CT molecular complexity index is 746. The van der Waals surface area contributed by atoms with Gasteiger partial charge in [0.25, 0.3) is 0 Å². The molecule has 3 rings (SSSR count). The Morgan fingerprint density at radius 2 is 2.15 bits per heavy atom. The molecule has 0 aliphatic carbocycles. The molecule has 1 aromatic heterocycles. The largest absolute Gasteiger partial charge is 0.402 e. The summed E-state index contributed by atoms with van der Waals surface area (Å²) in [7, 11) is 1.77. The molecule has 0 bridgehead atoms. The van der Waals surface area contributed by atoms with Crippen molar-refractivity contribution in [2.24, 2.45) is 12.0 Å². The zero-order valence-electron chi connectivity index (χ0n) is 10.6. The number of hydrogen-bond donors (Lipinski definition) is 0. The molecule has 0 saturated carbocycles. The average Bonchev–Trinajstić information content (AvgIpc) is 2.98. The third-order valence-electron chi connectivity index (χ3n) is 2.75. The molecule has 0 unspecified atom stereocenters. The van der Waals surface area contributed by atoms with Crippen LogP contribution in [0.3, 0.4) is 0 Å². The van der Waals surface area contributed by atoms with Gasteiger partial charge >= 0.3 is 5.97 Å². The van der Waals surface area contributed by atoms with Crippen LogP contribution < -0.4 is 0 Å². The first-order valence-electron chi connectivity index (χ1n) is 5.89. The van der Waals surface area contributed by atoms with E-state index in [2.05, 4.69) is 10.1 Å². The van der Waals surface area contributed by atoms with E-state index >= 15 is 0 Å². The summed E-state index contributed by atoms with van der Waals surface area (Å²) in [5.74, 6) is -1.11. The van der Waals surface area contributed by atoms with Crippen molar-refractivity contribution in [1.82, 2.24) is 9.78 Å². The van der Waals surface area contributed by atoms with Crippen LogP contribution in [0, 0.1) is 5.82 Å². The maximum atomic E-state index is 13.6. The number of rotatable bonds is 2. The van der Waals surface area contributed by atoms with Crippen molar-refractivity contribution >= 4 is 17.9 Å². The van der Waals surface area contributed by atoms with Crippen LogP contribution in [-0.2, 0) is 16.6 Å². The van der Waals surface area contributed by atoms with Gasteiger partial charge in [-0.2, -0.15) is 5.10 Å². The number of cyclic esters (lactones) is 1. The molecule has 0 spiro atoms. The number of aliphatic imine (C=N–C) groups is 1. The highest BCUT2D eigenvalue weighted by atomic mass is 19.1. The summed E-state index contributed by atoms with van der Waals surface area (Å²) in [4.78, 5) is 15.8. The third-order valence-corrected chi connectivity index (χ3v) is 2.75. The molecule has 2 aromatic rings. The standard InChI is InChI=1S/C14H10FN3O2/c1-18-8-9(7-16-18)6-12-14(19)20-13(17-12)10-4-2-3-5-11(10)15/h2-8H,1H3/b12-6-. The molecule has 0 amide bonds.